The van der Waals surface area contributed by atoms with E-state index < -0.39 is 0 Å². The molecule has 2 saturated carbocycles. The van der Waals surface area contributed by atoms with E-state index in [-0.39, 0.29) is 30.3 Å². The molecule has 0 heterocycles. The zero-order valence-corrected chi connectivity index (χ0v) is 15.4. The fraction of sp³-hybridized carbons (Fsp3) is 0.632. The van der Waals surface area contributed by atoms with Crippen LogP contribution in [0.4, 0.5) is 0 Å². The van der Waals surface area contributed by atoms with E-state index in [1.807, 2.05) is 24.1 Å². The van der Waals surface area contributed by atoms with Crippen molar-refractivity contribution in [2.45, 2.75) is 38.1 Å². The molecule has 1 amide bonds. The zero-order valence-electron chi connectivity index (χ0n) is 14.6. The Morgan fingerprint density at radius 2 is 1.92 bits per heavy atom. The summed E-state index contributed by atoms with van der Waals surface area (Å²) >= 11 is 0. The summed E-state index contributed by atoms with van der Waals surface area (Å²) in [5, 5.41) is 0. The molecule has 134 valence electrons. The number of halogens is 1. The summed E-state index contributed by atoms with van der Waals surface area (Å²) in [6, 6.07) is 8.24. The molecule has 1 aromatic carbocycles. The number of nitrogens with zero attached hydrogens (tertiary/aromatic N) is 1. The molecular weight excluding hydrogens is 324 g/mol. The maximum Gasteiger partial charge on any atom is 0.227 e. The third kappa shape index (κ3) is 3.86. The smallest absolute Gasteiger partial charge is 0.227 e. The molecule has 2 N–H and O–H groups in total. The van der Waals surface area contributed by atoms with Gasteiger partial charge in [0.05, 0.1) is 13.0 Å². The molecule has 0 saturated heterocycles. The summed E-state index contributed by atoms with van der Waals surface area (Å²) in [7, 11) is 3.60. The first kappa shape index (κ1) is 19.1. The van der Waals surface area contributed by atoms with Crippen molar-refractivity contribution in [2.75, 3.05) is 20.7 Å². The van der Waals surface area contributed by atoms with Crippen LogP contribution in [0.5, 0.6) is 5.75 Å². The van der Waals surface area contributed by atoms with Crippen molar-refractivity contribution in [3.05, 3.63) is 29.8 Å². The standard InChI is InChI=1S/C19H28N2O2.ClH/c1-21(11-3-4-13-5-9-16(23-2)10-6-13)19(22)17-14-7-8-15(12-14)18(17)20;/h5-6,9-10,14-15,17-18H,3-4,7-8,11-12,20H2,1-2H3;1H. The minimum absolute atomic E-state index is 0. The summed E-state index contributed by atoms with van der Waals surface area (Å²) in [6.45, 7) is 0.797. The van der Waals surface area contributed by atoms with Crippen molar-refractivity contribution in [1.82, 2.24) is 4.90 Å². The lowest BCUT2D eigenvalue weighted by atomic mass is 9.84. The van der Waals surface area contributed by atoms with Gasteiger partial charge in [0, 0.05) is 19.6 Å². The number of carbonyl (C=O) groups excluding carboxylic acids is 1. The van der Waals surface area contributed by atoms with Crippen LogP contribution in [0.1, 0.15) is 31.2 Å². The van der Waals surface area contributed by atoms with Gasteiger partial charge < -0.3 is 15.4 Å². The molecule has 4 unspecified atom stereocenters. The monoisotopic (exact) mass is 352 g/mol. The Morgan fingerprint density at radius 1 is 1.25 bits per heavy atom. The van der Waals surface area contributed by atoms with E-state index in [1.54, 1.807) is 7.11 Å². The van der Waals surface area contributed by atoms with Gasteiger partial charge >= 0.3 is 0 Å². The zero-order chi connectivity index (χ0) is 16.4. The van der Waals surface area contributed by atoms with Gasteiger partial charge in [0.25, 0.3) is 0 Å². The second kappa shape index (κ2) is 8.21. The number of hydrogen-bond donors (Lipinski definition) is 1. The first-order chi connectivity index (χ1) is 11.1. The van der Waals surface area contributed by atoms with Crippen molar-refractivity contribution >= 4 is 18.3 Å². The Kier molecular flexibility index (Phi) is 6.53. The summed E-state index contributed by atoms with van der Waals surface area (Å²) < 4.78 is 5.17. The molecule has 0 aliphatic heterocycles. The number of benzene rings is 1. The first-order valence-electron chi connectivity index (χ1n) is 8.73. The van der Waals surface area contributed by atoms with Gasteiger partial charge in [-0.05, 0) is 61.6 Å². The fourth-order valence-electron chi connectivity index (χ4n) is 4.38. The van der Waals surface area contributed by atoms with E-state index in [2.05, 4.69) is 12.1 Å². The van der Waals surface area contributed by atoms with Crippen LogP contribution in [0.15, 0.2) is 24.3 Å². The summed E-state index contributed by atoms with van der Waals surface area (Å²) in [5.41, 5.74) is 7.57. The Hall–Kier alpha value is -1.26. The normalized spacial score (nSPS) is 27.6. The van der Waals surface area contributed by atoms with Crippen LogP contribution in [0, 0.1) is 17.8 Å². The van der Waals surface area contributed by atoms with E-state index in [0.29, 0.717) is 11.8 Å². The number of aryl methyl sites for hydroxylation is 1. The molecule has 4 nitrogen and oxygen atoms in total. The summed E-state index contributed by atoms with van der Waals surface area (Å²) in [6.07, 6.45) is 5.53. The van der Waals surface area contributed by atoms with Gasteiger partial charge in [-0.15, -0.1) is 12.4 Å². The minimum Gasteiger partial charge on any atom is -0.497 e. The van der Waals surface area contributed by atoms with Crippen molar-refractivity contribution in [2.24, 2.45) is 23.5 Å². The van der Waals surface area contributed by atoms with Crippen LogP contribution in [0.3, 0.4) is 0 Å². The molecule has 2 aliphatic rings. The lowest BCUT2D eigenvalue weighted by Gasteiger charge is -2.30. The van der Waals surface area contributed by atoms with Gasteiger partial charge in [0.1, 0.15) is 5.75 Å². The van der Waals surface area contributed by atoms with E-state index in [9.17, 15) is 4.79 Å². The molecular formula is C19H29ClN2O2. The molecule has 1 aromatic rings. The maximum atomic E-state index is 12.7. The number of amides is 1. The second-order valence-electron chi connectivity index (χ2n) is 7.15. The highest BCUT2D eigenvalue weighted by Crippen LogP contribution is 2.48. The number of methoxy groups -OCH3 is 1. The number of rotatable bonds is 6. The average molecular weight is 353 g/mol. The van der Waals surface area contributed by atoms with Gasteiger partial charge in [-0.25, -0.2) is 0 Å². The number of hydrogen-bond acceptors (Lipinski definition) is 3. The van der Waals surface area contributed by atoms with Crippen molar-refractivity contribution in [3.8, 4) is 5.75 Å². The molecule has 5 heteroatoms. The van der Waals surface area contributed by atoms with Crippen LogP contribution in [-0.4, -0.2) is 37.6 Å². The van der Waals surface area contributed by atoms with Gasteiger partial charge in [-0.1, -0.05) is 12.1 Å². The SMILES string of the molecule is COc1ccc(CCCN(C)C(=O)C2C3CCC(C3)C2N)cc1.Cl. The van der Waals surface area contributed by atoms with Gasteiger partial charge in [-0.2, -0.15) is 0 Å². The highest BCUT2D eigenvalue weighted by atomic mass is 35.5. The molecule has 0 aromatic heterocycles. The summed E-state index contributed by atoms with van der Waals surface area (Å²) in [5.74, 6) is 2.33. The molecule has 4 atom stereocenters. The molecule has 3 rings (SSSR count). The average Bonchev–Trinajstić information content (AvgIpc) is 3.16. The Balaban J connectivity index is 0.00000208. The highest BCUT2D eigenvalue weighted by molar-refractivity contribution is 5.85. The number of carbonyl (C=O) groups is 1. The maximum absolute atomic E-state index is 12.7. The van der Waals surface area contributed by atoms with Gasteiger partial charge in [0.15, 0.2) is 0 Å². The summed E-state index contributed by atoms with van der Waals surface area (Å²) in [4.78, 5) is 14.6. The molecule has 2 fully saturated rings. The molecule has 0 radical (unpaired) electrons. The van der Waals surface area contributed by atoms with Crippen LogP contribution in [-0.2, 0) is 11.2 Å². The van der Waals surface area contributed by atoms with E-state index in [1.165, 1.54) is 18.4 Å². The van der Waals surface area contributed by atoms with E-state index >= 15 is 0 Å². The van der Waals surface area contributed by atoms with Crippen LogP contribution < -0.4 is 10.5 Å². The lowest BCUT2D eigenvalue weighted by molar-refractivity contribution is -0.136. The van der Waals surface area contributed by atoms with Gasteiger partial charge in [-0.3, -0.25) is 4.79 Å². The van der Waals surface area contributed by atoms with E-state index in [0.717, 1.165) is 31.6 Å². The van der Waals surface area contributed by atoms with Crippen molar-refractivity contribution < 1.29 is 9.53 Å². The topological polar surface area (TPSA) is 55.6 Å². The Morgan fingerprint density at radius 3 is 2.50 bits per heavy atom. The number of ether oxygens (including phenoxy) is 1. The molecule has 2 bridgehead atoms. The van der Waals surface area contributed by atoms with Gasteiger partial charge in [0.2, 0.25) is 5.91 Å². The largest absolute Gasteiger partial charge is 0.497 e. The quantitative estimate of drug-likeness (QED) is 0.856. The first-order valence-corrected chi connectivity index (χ1v) is 8.73. The molecule has 0 spiro atoms. The Bertz CT molecular complexity index is 547. The predicted molar refractivity (Wildman–Crippen MR) is 98.5 cm³/mol. The third-order valence-corrected chi connectivity index (χ3v) is 5.76. The van der Waals surface area contributed by atoms with Crippen LogP contribution in [0.2, 0.25) is 0 Å². The number of fused-ring (bicyclic) bond motifs is 2. The van der Waals surface area contributed by atoms with Crippen LogP contribution in [0.25, 0.3) is 0 Å². The molecule has 2 aliphatic carbocycles. The van der Waals surface area contributed by atoms with Crippen LogP contribution >= 0.6 is 12.4 Å². The van der Waals surface area contributed by atoms with Crippen molar-refractivity contribution in [1.29, 1.82) is 0 Å². The Labute approximate surface area is 151 Å². The highest BCUT2D eigenvalue weighted by Gasteiger charge is 2.49. The predicted octanol–water partition coefficient (Wildman–Crippen LogP) is 2.88. The van der Waals surface area contributed by atoms with Crippen molar-refractivity contribution in [3.63, 3.8) is 0 Å². The molecule has 24 heavy (non-hydrogen) atoms. The van der Waals surface area contributed by atoms with E-state index in [4.69, 9.17) is 10.5 Å². The third-order valence-electron chi connectivity index (χ3n) is 5.76. The number of nitrogens with two attached hydrogens (primary N) is 1. The lowest BCUT2D eigenvalue weighted by Crippen LogP contribution is -2.46. The second-order valence-corrected chi connectivity index (χ2v) is 7.15. The minimum atomic E-state index is 0. The fourth-order valence-corrected chi connectivity index (χ4v) is 4.38.